The van der Waals surface area contributed by atoms with Crippen LogP contribution in [0.3, 0.4) is 0 Å². The molecule has 0 atom stereocenters. The molecule has 19 heavy (non-hydrogen) atoms. The average Bonchev–Trinajstić information content (AvgIpc) is 2.37. The molecule has 0 bridgehead atoms. The first-order chi connectivity index (χ1) is 9.08. The molecular formula is C14H17BrO4. The summed E-state index contributed by atoms with van der Waals surface area (Å²) in [5.41, 5.74) is -0.412. The van der Waals surface area contributed by atoms with Gasteiger partial charge in [0.15, 0.2) is 0 Å². The van der Waals surface area contributed by atoms with Crippen molar-refractivity contribution < 1.29 is 19.0 Å². The van der Waals surface area contributed by atoms with E-state index in [1.807, 2.05) is 18.2 Å². The number of benzene rings is 1. The number of methoxy groups -OCH3 is 2. The lowest BCUT2D eigenvalue weighted by molar-refractivity contribution is -0.148. The highest BCUT2D eigenvalue weighted by molar-refractivity contribution is 9.10. The Bertz CT molecular complexity index is 469. The molecule has 0 N–H and O–H groups in total. The van der Waals surface area contributed by atoms with E-state index in [0.717, 1.165) is 35.2 Å². The minimum atomic E-state index is -0.412. The first-order valence-electron chi connectivity index (χ1n) is 6.18. The molecule has 1 saturated carbocycles. The lowest BCUT2D eigenvalue weighted by Gasteiger charge is -2.41. The van der Waals surface area contributed by atoms with Crippen molar-refractivity contribution in [3.8, 4) is 11.5 Å². The van der Waals surface area contributed by atoms with Crippen molar-refractivity contribution in [3.05, 3.63) is 22.7 Å². The summed E-state index contributed by atoms with van der Waals surface area (Å²) in [6.45, 7) is 0. The van der Waals surface area contributed by atoms with E-state index in [4.69, 9.17) is 14.2 Å². The highest BCUT2D eigenvalue weighted by atomic mass is 79.9. The van der Waals surface area contributed by atoms with Gasteiger partial charge in [-0.25, -0.2) is 0 Å². The van der Waals surface area contributed by atoms with Crippen molar-refractivity contribution >= 4 is 21.9 Å². The molecule has 1 aliphatic carbocycles. The molecule has 0 aromatic heterocycles. The van der Waals surface area contributed by atoms with E-state index in [2.05, 4.69) is 15.9 Å². The predicted molar refractivity (Wildman–Crippen MR) is 74.5 cm³/mol. The van der Waals surface area contributed by atoms with Gasteiger partial charge >= 0.3 is 5.97 Å². The molecule has 0 unspecified atom stereocenters. The van der Waals surface area contributed by atoms with Crippen LogP contribution in [0.25, 0.3) is 0 Å². The summed E-state index contributed by atoms with van der Waals surface area (Å²) in [7, 11) is 3.02. The summed E-state index contributed by atoms with van der Waals surface area (Å²) < 4.78 is 16.7. The Hall–Kier alpha value is -1.23. The zero-order chi connectivity index (χ0) is 13.9. The maximum absolute atomic E-state index is 11.5. The number of esters is 1. The van der Waals surface area contributed by atoms with Crippen LogP contribution in [-0.4, -0.2) is 25.8 Å². The number of carbonyl (C=O) groups excluding carboxylic acids is 1. The van der Waals surface area contributed by atoms with Gasteiger partial charge in [0.1, 0.15) is 17.1 Å². The summed E-state index contributed by atoms with van der Waals surface area (Å²) in [5, 5.41) is 0. The molecule has 0 spiro atoms. The van der Waals surface area contributed by atoms with Crippen molar-refractivity contribution in [1.82, 2.24) is 0 Å². The van der Waals surface area contributed by atoms with Gasteiger partial charge in [0.2, 0.25) is 0 Å². The second-order valence-corrected chi connectivity index (χ2v) is 5.54. The zero-order valence-corrected chi connectivity index (χ0v) is 12.7. The fourth-order valence-electron chi connectivity index (χ4n) is 2.15. The van der Waals surface area contributed by atoms with Crippen LogP contribution in [0.15, 0.2) is 22.7 Å². The molecule has 0 heterocycles. The summed E-state index contributed by atoms with van der Waals surface area (Å²) in [6.07, 6.45) is 3.12. The number of ether oxygens (including phenoxy) is 3. The lowest BCUT2D eigenvalue weighted by atomic mass is 9.77. The highest BCUT2D eigenvalue weighted by Gasteiger charge is 2.42. The van der Waals surface area contributed by atoms with E-state index >= 15 is 0 Å². The monoisotopic (exact) mass is 328 g/mol. The molecular weight excluding hydrogens is 312 g/mol. The van der Waals surface area contributed by atoms with Gasteiger partial charge in [-0.2, -0.15) is 0 Å². The Morgan fingerprint density at radius 2 is 2.11 bits per heavy atom. The van der Waals surface area contributed by atoms with Crippen LogP contribution in [0.1, 0.15) is 25.7 Å². The van der Waals surface area contributed by atoms with Crippen LogP contribution >= 0.6 is 15.9 Å². The molecule has 0 radical (unpaired) electrons. The first-order valence-corrected chi connectivity index (χ1v) is 6.97. The molecule has 0 aliphatic heterocycles. The largest absolute Gasteiger partial charge is 0.497 e. The summed E-state index contributed by atoms with van der Waals surface area (Å²) in [4.78, 5) is 11.5. The fourth-order valence-corrected chi connectivity index (χ4v) is 2.58. The number of carbonyl (C=O) groups is 1. The first kappa shape index (κ1) is 14.2. The quantitative estimate of drug-likeness (QED) is 0.778. The summed E-state index contributed by atoms with van der Waals surface area (Å²) in [6, 6.07) is 5.53. The standard InChI is InChI=1S/C14H17BrO4/c1-17-10-4-5-12(11(15)8-10)19-14(6-3-7-14)9-13(16)18-2/h4-5,8H,3,6-7,9H2,1-2H3. The van der Waals surface area contributed by atoms with Gasteiger partial charge in [0.25, 0.3) is 0 Å². The normalized spacial score (nSPS) is 16.4. The Morgan fingerprint density at radius 3 is 2.58 bits per heavy atom. The topological polar surface area (TPSA) is 44.8 Å². The predicted octanol–water partition coefficient (Wildman–Crippen LogP) is 3.32. The van der Waals surface area contributed by atoms with Gasteiger partial charge in [0, 0.05) is 0 Å². The average molecular weight is 329 g/mol. The maximum Gasteiger partial charge on any atom is 0.309 e. The number of rotatable bonds is 5. The molecule has 0 saturated heterocycles. The van der Waals surface area contributed by atoms with Gasteiger partial charge < -0.3 is 14.2 Å². The second-order valence-electron chi connectivity index (χ2n) is 4.69. The molecule has 1 aromatic rings. The Balaban J connectivity index is 2.12. The maximum atomic E-state index is 11.5. The Morgan fingerprint density at radius 1 is 1.37 bits per heavy atom. The van der Waals surface area contributed by atoms with Crippen molar-refractivity contribution in [3.63, 3.8) is 0 Å². The SMILES string of the molecule is COC(=O)CC1(Oc2ccc(OC)cc2Br)CCC1. The second kappa shape index (κ2) is 5.82. The molecule has 5 heteroatoms. The third-order valence-corrected chi connectivity index (χ3v) is 4.04. The van der Waals surface area contributed by atoms with Gasteiger partial charge in [0.05, 0.1) is 25.1 Å². The molecule has 1 fully saturated rings. The Kier molecular flexibility index (Phi) is 4.34. The van der Waals surface area contributed by atoms with Gasteiger partial charge in [-0.1, -0.05) is 0 Å². The van der Waals surface area contributed by atoms with Crippen molar-refractivity contribution in [2.45, 2.75) is 31.3 Å². The number of hydrogen-bond acceptors (Lipinski definition) is 4. The van der Waals surface area contributed by atoms with Crippen molar-refractivity contribution in [1.29, 1.82) is 0 Å². The number of halogens is 1. The minimum absolute atomic E-state index is 0.232. The molecule has 104 valence electrons. The van der Waals surface area contributed by atoms with Crippen LogP contribution in [0.2, 0.25) is 0 Å². The van der Waals surface area contributed by atoms with E-state index in [9.17, 15) is 4.79 Å². The number of hydrogen-bond donors (Lipinski definition) is 0. The fraction of sp³-hybridized carbons (Fsp3) is 0.500. The lowest BCUT2D eigenvalue weighted by Crippen LogP contribution is -2.45. The molecule has 1 aliphatic rings. The summed E-state index contributed by atoms with van der Waals surface area (Å²) in [5.74, 6) is 1.25. The molecule has 4 nitrogen and oxygen atoms in total. The summed E-state index contributed by atoms with van der Waals surface area (Å²) >= 11 is 3.46. The Labute approximate surface area is 121 Å². The van der Waals surface area contributed by atoms with Crippen LogP contribution in [0, 0.1) is 0 Å². The van der Waals surface area contributed by atoms with Gasteiger partial charge in [-0.15, -0.1) is 0 Å². The third-order valence-electron chi connectivity index (χ3n) is 3.42. The van der Waals surface area contributed by atoms with E-state index in [1.54, 1.807) is 7.11 Å². The van der Waals surface area contributed by atoms with Crippen LogP contribution in [-0.2, 0) is 9.53 Å². The van der Waals surface area contributed by atoms with Gasteiger partial charge in [-0.3, -0.25) is 4.79 Å². The van der Waals surface area contributed by atoms with E-state index in [0.29, 0.717) is 6.42 Å². The third kappa shape index (κ3) is 3.21. The highest BCUT2D eigenvalue weighted by Crippen LogP contribution is 2.42. The molecule has 0 amide bonds. The van der Waals surface area contributed by atoms with E-state index < -0.39 is 5.60 Å². The van der Waals surface area contributed by atoms with Crippen molar-refractivity contribution in [2.24, 2.45) is 0 Å². The van der Waals surface area contributed by atoms with Gasteiger partial charge in [-0.05, 0) is 53.4 Å². The molecule has 1 aromatic carbocycles. The molecule has 2 rings (SSSR count). The smallest absolute Gasteiger partial charge is 0.309 e. The van der Waals surface area contributed by atoms with E-state index in [1.165, 1.54) is 7.11 Å². The zero-order valence-electron chi connectivity index (χ0n) is 11.1. The van der Waals surface area contributed by atoms with Crippen molar-refractivity contribution in [2.75, 3.05) is 14.2 Å². The van der Waals surface area contributed by atoms with Crippen LogP contribution in [0.5, 0.6) is 11.5 Å². The van der Waals surface area contributed by atoms with Crippen LogP contribution in [0.4, 0.5) is 0 Å². The minimum Gasteiger partial charge on any atom is -0.497 e. The van der Waals surface area contributed by atoms with E-state index in [-0.39, 0.29) is 5.97 Å². The van der Waals surface area contributed by atoms with Crippen LogP contribution < -0.4 is 9.47 Å².